The summed E-state index contributed by atoms with van der Waals surface area (Å²) in [7, 11) is 0. The van der Waals surface area contributed by atoms with E-state index in [1.54, 1.807) is 6.20 Å². The van der Waals surface area contributed by atoms with E-state index in [0.29, 0.717) is 17.7 Å². The maximum Gasteiger partial charge on any atom is 0.317 e. The summed E-state index contributed by atoms with van der Waals surface area (Å²) in [5.74, 6) is 2.14. The van der Waals surface area contributed by atoms with Crippen LogP contribution in [0.4, 0.5) is 11.8 Å². The van der Waals surface area contributed by atoms with Crippen LogP contribution in [0, 0.1) is 11.8 Å². The van der Waals surface area contributed by atoms with Crippen molar-refractivity contribution in [3.05, 3.63) is 89.6 Å². The molecule has 3 aliphatic heterocycles. The molecule has 0 bridgehead atoms. The summed E-state index contributed by atoms with van der Waals surface area (Å²) in [4.78, 5) is 25.0. The van der Waals surface area contributed by atoms with Gasteiger partial charge in [0.1, 0.15) is 5.82 Å². The van der Waals surface area contributed by atoms with Crippen LogP contribution in [0.25, 0.3) is 11.5 Å². The molecule has 2 aromatic carbocycles. The SMILES string of the molecule is O=C1Cc2ccccc2C(c2ccccc2)=NC1Nc1nnc(-c2cccnc2N2C[C@H]3COC[C@H]3C2)o1. The van der Waals surface area contributed by atoms with Crippen molar-refractivity contribution in [1.29, 1.82) is 0 Å². The molecule has 5 heterocycles. The molecule has 1 unspecified atom stereocenters. The van der Waals surface area contributed by atoms with E-state index in [4.69, 9.17) is 14.1 Å². The Morgan fingerprint density at radius 3 is 2.47 bits per heavy atom. The number of fused-ring (bicyclic) bond motifs is 2. The summed E-state index contributed by atoms with van der Waals surface area (Å²) in [6.45, 7) is 3.37. The second-order valence-corrected chi connectivity index (χ2v) is 9.94. The van der Waals surface area contributed by atoms with Gasteiger partial charge >= 0.3 is 6.01 Å². The van der Waals surface area contributed by atoms with Crippen LogP contribution < -0.4 is 10.2 Å². The molecule has 0 radical (unpaired) electrons. The number of hydrogen-bond donors (Lipinski definition) is 1. The largest absolute Gasteiger partial charge is 0.403 e. The predicted octanol–water partition coefficient (Wildman–Crippen LogP) is 3.62. The molecular formula is C29H26N6O3. The Labute approximate surface area is 219 Å². The van der Waals surface area contributed by atoms with E-state index < -0.39 is 6.17 Å². The van der Waals surface area contributed by atoms with Gasteiger partial charge in [0.15, 0.2) is 11.9 Å². The Hall–Kier alpha value is -4.37. The standard InChI is InChI=1S/C29H26N6O3/c36-24-13-19-9-4-5-10-22(19)25(18-7-2-1-3-8-18)31-26(24)32-29-34-33-28(38-29)23-11-6-12-30-27(23)35-14-20-16-37-17-21(20)15-35/h1-12,20-21,26H,13-17H2,(H,32,34)/t20-,21+,26?. The van der Waals surface area contributed by atoms with Crippen molar-refractivity contribution in [2.45, 2.75) is 12.6 Å². The highest BCUT2D eigenvalue weighted by atomic mass is 16.5. The first-order chi connectivity index (χ1) is 18.7. The van der Waals surface area contributed by atoms with Gasteiger partial charge in [0.05, 0.1) is 24.5 Å². The third kappa shape index (κ3) is 4.14. The Kier molecular flexibility index (Phi) is 5.70. The second-order valence-electron chi connectivity index (χ2n) is 9.94. The van der Waals surface area contributed by atoms with Gasteiger partial charge in [-0.05, 0) is 17.7 Å². The van der Waals surface area contributed by atoms with Crippen LogP contribution in [-0.4, -0.2) is 59.1 Å². The van der Waals surface area contributed by atoms with Crippen LogP contribution in [0.1, 0.15) is 16.7 Å². The number of aromatic nitrogens is 3. The molecule has 2 saturated heterocycles. The number of nitrogens with zero attached hydrogens (tertiary/aromatic N) is 5. The van der Waals surface area contributed by atoms with E-state index in [-0.39, 0.29) is 18.2 Å². The van der Waals surface area contributed by atoms with E-state index in [9.17, 15) is 4.79 Å². The molecule has 9 heteroatoms. The molecule has 3 aliphatic rings. The number of aliphatic imine (C=N–C) groups is 1. The molecule has 38 heavy (non-hydrogen) atoms. The Morgan fingerprint density at radius 1 is 0.868 bits per heavy atom. The highest BCUT2D eigenvalue weighted by molar-refractivity contribution is 6.16. The number of nitrogens with one attached hydrogen (secondary N) is 1. The lowest BCUT2D eigenvalue weighted by molar-refractivity contribution is -0.119. The Morgan fingerprint density at radius 2 is 1.63 bits per heavy atom. The fourth-order valence-electron chi connectivity index (χ4n) is 5.58. The number of benzene rings is 2. The zero-order valence-electron chi connectivity index (χ0n) is 20.7. The molecule has 0 spiro atoms. The van der Waals surface area contributed by atoms with Crippen molar-refractivity contribution in [2.24, 2.45) is 16.8 Å². The zero-order chi connectivity index (χ0) is 25.5. The summed E-state index contributed by atoms with van der Waals surface area (Å²) < 4.78 is 11.7. The number of Topliss-reactive ketones (excluding diaryl/α,β-unsaturated/α-hetero) is 1. The number of pyridine rings is 1. The predicted molar refractivity (Wildman–Crippen MR) is 142 cm³/mol. The first-order valence-electron chi connectivity index (χ1n) is 12.9. The molecule has 0 saturated carbocycles. The van der Waals surface area contributed by atoms with Crippen molar-refractivity contribution in [3.63, 3.8) is 0 Å². The van der Waals surface area contributed by atoms with Gasteiger partial charge < -0.3 is 19.4 Å². The summed E-state index contributed by atoms with van der Waals surface area (Å²) in [5.41, 5.74) is 4.35. The summed E-state index contributed by atoms with van der Waals surface area (Å²) in [5, 5.41) is 11.6. The molecule has 0 aliphatic carbocycles. The van der Waals surface area contributed by atoms with Crippen molar-refractivity contribution >= 4 is 23.3 Å². The maximum absolute atomic E-state index is 13.3. The van der Waals surface area contributed by atoms with Gasteiger partial charge in [-0.15, -0.1) is 5.10 Å². The van der Waals surface area contributed by atoms with Crippen LogP contribution in [0.3, 0.4) is 0 Å². The van der Waals surface area contributed by atoms with Gasteiger partial charge in [0, 0.05) is 48.7 Å². The van der Waals surface area contributed by atoms with Crippen molar-refractivity contribution < 1.29 is 13.9 Å². The van der Waals surface area contributed by atoms with E-state index in [0.717, 1.165) is 60.1 Å². The zero-order valence-corrected chi connectivity index (χ0v) is 20.7. The lowest BCUT2D eigenvalue weighted by Gasteiger charge is -2.20. The smallest absolute Gasteiger partial charge is 0.317 e. The van der Waals surface area contributed by atoms with E-state index in [2.05, 4.69) is 25.4 Å². The lowest BCUT2D eigenvalue weighted by Crippen LogP contribution is -2.29. The van der Waals surface area contributed by atoms with Crippen molar-refractivity contribution in [2.75, 3.05) is 36.5 Å². The molecule has 2 fully saturated rings. The topological polar surface area (TPSA) is 106 Å². The molecule has 2 aromatic heterocycles. The number of carbonyl (C=O) groups is 1. The molecule has 7 rings (SSSR count). The molecule has 1 N–H and O–H groups in total. The van der Waals surface area contributed by atoms with E-state index in [1.807, 2.05) is 66.7 Å². The second kappa shape index (κ2) is 9.50. The third-order valence-electron chi connectivity index (χ3n) is 7.49. The molecular weight excluding hydrogens is 480 g/mol. The third-order valence-corrected chi connectivity index (χ3v) is 7.49. The number of hydrogen-bond acceptors (Lipinski definition) is 9. The fraction of sp³-hybridized carbons (Fsp3) is 0.276. The van der Waals surface area contributed by atoms with Crippen molar-refractivity contribution in [3.8, 4) is 11.5 Å². The summed E-state index contributed by atoms with van der Waals surface area (Å²) in [6.07, 6.45) is 1.17. The van der Waals surface area contributed by atoms with Crippen LogP contribution >= 0.6 is 0 Å². The Balaban J connectivity index is 1.18. The van der Waals surface area contributed by atoms with Crippen LogP contribution in [0.15, 0.2) is 82.3 Å². The monoisotopic (exact) mass is 506 g/mol. The first kappa shape index (κ1) is 22.8. The number of ether oxygens (including phenoxy) is 1. The van der Waals surface area contributed by atoms with Gasteiger partial charge in [-0.3, -0.25) is 9.79 Å². The number of rotatable bonds is 5. The van der Waals surface area contributed by atoms with Crippen LogP contribution in [0.5, 0.6) is 0 Å². The van der Waals surface area contributed by atoms with Crippen molar-refractivity contribution in [1.82, 2.24) is 15.2 Å². The average molecular weight is 507 g/mol. The van der Waals surface area contributed by atoms with Gasteiger partial charge in [-0.2, -0.15) is 0 Å². The molecule has 4 aromatic rings. The fourth-order valence-corrected chi connectivity index (χ4v) is 5.58. The molecule has 3 atom stereocenters. The first-order valence-corrected chi connectivity index (χ1v) is 12.9. The van der Waals surface area contributed by atoms with Gasteiger partial charge in [-0.25, -0.2) is 4.98 Å². The van der Waals surface area contributed by atoms with Gasteiger partial charge in [0.2, 0.25) is 0 Å². The average Bonchev–Trinajstić information content (AvgIpc) is 3.67. The number of anilines is 2. The summed E-state index contributed by atoms with van der Waals surface area (Å²) >= 11 is 0. The number of ketones is 1. The maximum atomic E-state index is 13.3. The summed E-state index contributed by atoms with van der Waals surface area (Å²) in [6, 6.07) is 21.7. The van der Waals surface area contributed by atoms with Crippen LogP contribution in [0.2, 0.25) is 0 Å². The molecule has 190 valence electrons. The minimum atomic E-state index is -0.864. The normalized spacial score (nSPS) is 22.5. The van der Waals surface area contributed by atoms with E-state index in [1.165, 1.54) is 0 Å². The highest BCUT2D eigenvalue weighted by Crippen LogP contribution is 2.36. The quantitative estimate of drug-likeness (QED) is 0.438. The minimum Gasteiger partial charge on any atom is -0.403 e. The highest BCUT2D eigenvalue weighted by Gasteiger charge is 2.38. The molecule has 0 amide bonds. The van der Waals surface area contributed by atoms with E-state index >= 15 is 0 Å². The Bertz CT molecular complexity index is 1510. The lowest BCUT2D eigenvalue weighted by atomic mass is 9.96. The van der Waals surface area contributed by atoms with Crippen LogP contribution in [-0.2, 0) is 16.0 Å². The molecule has 9 nitrogen and oxygen atoms in total. The minimum absolute atomic E-state index is 0.0731. The van der Waals surface area contributed by atoms with Gasteiger partial charge in [0.25, 0.3) is 5.89 Å². The van der Waals surface area contributed by atoms with Gasteiger partial charge in [-0.1, -0.05) is 59.7 Å². The number of carbonyl (C=O) groups excluding carboxylic acids is 1.